The van der Waals surface area contributed by atoms with Crippen LogP contribution in [0.1, 0.15) is 23.7 Å². The fraction of sp³-hybridized carbons (Fsp3) is 0.286. The van der Waals surface area contributed by atoms with Crippen LogP contribution in [0.3, 0.4) is 0 Å². The molecule has 8 nitrogen and oxygen atoms in total. The summed E-state index contributed by atoms with van der Waals surface area (Å²) in [6.07, 6.45) is 0.307. The Morgan fingerprint density at radius 1 is 1.10 bits per heavy atom. The zero-order chi connectivity index (χ0) is 20.5. The highest BCUT2D eigenvalue weighted by Gasteiger charge is 2.25. The quantitative estimate of drug-likeness (QED) is 0.800. The van der Waals surface area contributed by atoms with Gasteiger partial charge in [-0.3, -0.25) is 14.4 Å². The minimum Gasteiger partial charge on any atom is -0.454 e. The van der Waals surface area contributed by atoms with E-state index in [1.165, 1.54) is 6.92 Å². The molecular formula is C21H21N3O5. The van der Waals surface area contributed by atoms with Crippen molar-refractivity contribution in [3.63, 3.8) is 0 Å². The SMILES string of the molecule is CC(=O)c1cc2c(cc1NC(=O)CN1CCC(=O)N(C)c3ccccc31)OCO2. The second-order valence-electron chi connectivity index (χ2n) is 6.97. The van der Waals surface area contributed by atoms with Crippen molar-refractivity contribution in [2.24, 2.45) is 0 Å². The molecule has 2 aromatic rings. The Labute approximate surface area is 168 Å². The summed E-state index contributed by atoms with van der Waals surface area (Å²) in [5.74, 6) is 0.480. The Bertz CT molecular complexity index is 1000. The third-order valence-corrected chi connectivity index (χ3v) is 5.05. The van der Waals surface area contributed by atoms with Crippen LogP contribution in [0.15, 0.2) is 36.4 Å². The molecule has 0 radical (unpaired) electrons. The van der Waals surface area contributed by atoms with E-state index < -0.39 is 0 Å². The summed E-state index contributed by atoms with van der Waals surface area (Å²) in [5.41, 5.74) is 2.31. The van der Waals surface area contributed by atoms with Gasteiger partial charge in [0.25, 0.3) is 0 Å². The zero-order valence-corrected chi connectivity index (χ0v) is 16.2. The standard InChI is InChI=1S/C21H21N3O5/c1-13(25)14-9-18-19(29-12-28-18)10-15(14)22-20(26)11-24-8-7-21(27)23(2)16-5-3-4-6-17(16)24/h3-6,9-10H,7-8,11-12H2,1-2H3,(H,22,26). The third-order valence-electron chi connectivity index (χ3n) is 5.05. The number of nitrogens with one attached hydrogen (secondary N) is 1. The number of carbonyl (C=O) groups is 3. The van der Waals surface area contributed by atoms with Crippen molar-refractivity contribution < 1.29 is 23.9 Å². The number of nitrogens with zero attached hydrogens (tertiary/aromatic N) is 2. The van der Waals surface area contributed by atoms with Gasteiger partial charge in [-0.25, -0.2) is 0 Å². The molecule has 0 bridgehead atoms. The van der Waals surface area contributed by atoms with Crippen LogP contribution in [-0.2, 0) is 9.59 Å². The van der Waals surface area contributed by atoms with Crippen LogP contribution in [0.5, 0.6) is 11.5 Å². The van der Waals surface area contributed by atoms with Crippen LogP contribution in [0.2, 0.25) is 0 Å². The van der Waals surface area contributed by atoms with Gasteiger partial charge in [-0.05, 0) is 25.1 Å². The fourth-order valence-electron chi connectivity index (χ4n) is 3.53. The average molecular weight is 395 g/mol. The van der Waals surface area contributed by atoms with Gasteiger partial charge >= 0.3 is 0 Å². The van der Waals surface area contributed by atoms with E-state index in [0.29, 0.717) is 35.7 Å². The first kappa shape index (κ1) is 18.8. The van der Waals surface area contributed by atoms with Gasteiger partial charge in [-0.2, -0.15) is 0 Å². The van der Waals surface area contributed by atoms with Crippen molar-refractivity contribution in [3.8, 4) is 11.5 Å². The van der Waals surface area contributed by atoms with Crippen molar-refractivity contribution in [1.82, 2.24) is 0 Å². The van der Waals surface area contributed by atoms with Crippen molar-refractivity contribution in [2.45, 2.75) is 13.3 Å². The Balaban J connectivity index is 1.57. The summed E-state index contributed by atoms with van der Waals surface area (Å²) in [4.78, 5) is 40.6. The Hall–Kier alpha value is -3.55. The largest absolute Gasteiger partial charge is 0.454 e. The van der Waals surface area contributed by atoms with Crippen LogP contribution < -0.4 is 24.6 Å². The Morgan fingerprint density at radius 2 is 1.79 bits per heavy atom. The molecule has 0 aliphatic carbocycles. The van der Waals surface area contributed by atoms with Crippen molar-refractivity contribution >= 4 is 34.7 Å². The molecule has 0 aromatic heterocycles. The van der Waals surface area contributed by atoms with Gasteiger partial charge < -0.3 is 24.6 Å². The first-order chi connectivity index (χ1) is 13.9. The number of carbonyl (C=O) groups excluding carboxylic acids is 3. The van der Waals surface area contributed by atoms with Crippen LogP contribution in [0.4, 0.5) is 17.1 Å². The van der Waals surface area contributed by atoms with Crippen molar-refractivity contribution in [2.75, 3.05) is 42.0 Å². The van der Waals surface area contributed by atoms with Gasteiger partial charge in [0.05, 0.1) is 23.6 Å². The molecule has 150 valence electrons. The number of rotatable bonds is 4. The molecular weight excluding hydrogens is 374 g/mol. The second-order valence-corrected chi connectivity index (χ2v) is 6.97. The molecule has 0 fully saturated rings. The Kier molecular flexibility index (Phi) is 4.84. The highest BCUT2D eigenvalue weighted by Crippen LogP contribution is 2.37. The summed E-state index contributed by atoms with van der Waals surface area (Å²) in [6.45, 7) is 1.98. The number of anilines is 3. The molecule has 0 atom stereocenters. The number of Topliss-reactive ketones (excluding diaryl/α,β-unsaturated/α-hetero) is 1. The van der Waals surface area contributed by atoms with Gasteiger partial charge in [0, 0.05) is 31.6 Å². The summed E-state index contributed by atoms with van der Waals surface area (Å²) < 4.78 is 10.7. The smallest absolute Gasteiger partial charge is 0.243 e. The summed E-state index contributed by atoms with van der Waals surface area (Å²) in [6, 6.07) is 10.7. The van der Waals surface area contributed by atoms with Crippen LogP contribution >= 0.6 is 0 Å². The molecule has 8 heteroatoms. The number of fused-ring (bicyclic) bond motifs is 2. The Morgan fingerprint density at radius 3 is 2.52 bits per heavy atom. The van der Waals surface area contributed by atoms with E-state index in [4.69, 9.17) is 9.47 Å². The van der Waals surface area contributed by atoms with E-state index in [9.17, 15) is 14.4 Å². The van der Waals surface area contributed by atoms with E-state index in [1.807, 2.05) is 29.2 Å². The molecule has 1 N–H and O–H groups in total. The lowest BCUT2D eigenvalue weighted by Gasteiger charge is -2.25. The first-order valence-electron chi connectivity index (χ1n) is 9.29. The summed E-state index contributed by atoms with van der Waals surface area (Å²) >= 11 is 0. The third kappa shape index (κ3) is 3.61. The van der Waals surface area contributed by atoms with E-state index in [0.717, 1.165) is 11.4 Å². The average Bonchev–Trinajstić information content (AvgIpc) is 3.12. The maximum Gasteiger partial charge on any atom is 0.243 e. The number of benzene rings is 2. The highest BCUT2D eigenvalue weighted by molar-refractivity contribution is 6.06. The summed E-state index contributed by atoms with van der Waals surface area (Å²) in [5, 5.41) is 2.81. The van der Waals surface area contributed by atoms with Crippen molar-refractivity contribution in [1.29, 1.82) is 0 Å². The maximum absolute atomic E-state index is 12.8. The number of amides is 2. The number of para-hydroxylation sites is 2. The predicted octanol–water partition coefficient (Wildman–Crippen LogP) is 2.43. The highest BCUT2D eigenvalue weighted by atomic mass is 16.7. The number of hydrogen-bond donors (Lipinski definition) is 1. The monoisotopic (exact) mass is 395 g/mol. The molecule has 2 amide bonds. The normalized spacial score (nSPS) is 15.0. The molecule has 0 unspecified atom stereocenters. The summed E-state index contributed by atoms with van der Waals surface area (Å²) in [7, 11) is 1.73. The molecule has 2 aliphatic heterocycles. The second kappa shape index (κ2) is 7.46. The van der Waals surface area contributed by atoms with E-state index in [1.54, 1.807) is 24.1 Å². The topological polar surface area (TPSA) is 88.2 Å². The molecule has 29 heavy (non-hydrogen) atoms. The van der Waals surface area contributed by atoms with Crippen LogP contribution in [0.25, 0.3) is 0 Å². The van der Waals surface area contributed by atoms with E-state index in [2.05, 4.69) is 5.32 Å². The van der Waals surface area contributed by atoms with E-state index in [-0.39, 0.29) is 30.9 Å². The van der Waals surface area contributed by atoms with Crippen LogP contribution in [-0.4, -0.2) is 44.5 Å². The van der Waals surface area contributed by atoms with Gasteiger partial charge in [0.2, 0.25) is 18.6 Å². The molecule has 0 saturated heterocycles. The zero-order valence-electron chi connectivity index (χ0n) is 16.2. The lowest BCUT2D eigenvalue weighted by molar-refractivity contribution is -0.118. The van der Waals surface area contributed by atoms with Gasteiger partial charge in [-0.1, -0.05) is 12.1 Å². The lowest BCUT2D eigenvalue weighted by Crippen LogP contribution is -2.34. The molecule has 0 saturated carbocycles. The minimum absolute atomic E-state index is 0.00463. The van der Waals surface area contributed by atoms with Crippen LogP contribution in [0, 0.1) is 0 Å². The molecule has 4 rings (SSSR count). The lowest BCUT2D eigenvalue weighted by atomic mass is 10.1. The maximum atomic E-state index is 12.8. The molecule has 0 spiro atoms. The first-order valence-corrected chi connectivity index (χ1v) is 9.29. The number of ether oxygens (including phenoxy) is 2. The van der Waals surface area contributed by atoms with Gasteiger partial charge in [0.15, 0.2) is 17.3 Å². The van der Waals surface area contributed by atoms with Gasteiger partial charge in [0.1, 0.15) is 0 Å². The minimum atomic E-state index is -0.293. The van der Waals surface area contributed by atoms with E-state index >= 15 is 0 Å². The molecule has 2 aliphatic rings. The molecule has 2 heterocycles. The van der Waals surface area contributed by atoms with Gasteiger partial charge in [-0.15, -0.1) is 0 Å². The van der Waals surface area contributed by atoms with Crippen molar-refractivity contribution in [3.05, 3.63) is 42.0 Å². The molecule has 2 aromatic carbocycles. The fourth-order valence-corrected chi connectivity index (χ4v) is 3.53. The number of hydrogen-bond acceptors (Lipinski definition) is 6. The number of ketones is 1. The predicted molar refractivity (Wildman–Crippen MR) is 108 cm³/mol.